The van der Waals surface area contributed by atoms with Crippen molar-refractivity contribution in [2.75, 3.05) is 16.6 Å². The van der Waals surface area contributed by atoms with E-state index in [0.717, 1.165) is 34.8 Å². The predicted molar refractivity (Wildman–Crippen MR) is 95.3 cm³/mol. The van der Waals surface area contributed by atoms with Crippen LogP contribution in [0.5, 0.6) is 0 Å². The van der Waals surface area contributed by atoms with E-state index < -0.39 is 0 Å². The van der Waals surface area contributed by atoms with Crippen LogP contribution in [0.25, 0.3) is 10.9 Å². The van der Waals surface area contributed by atoms with E-state index in [1.807, 2.05) is 36.0 Å². The quantitative estimate of drug-likeness (QED) is 0.700. The summed E-state index contributed by atoms with van der Waals surface area (Å²) < 4.78 is 0. The summed E-state index contributed by atoms with van der Waals surface area (Å²) in [7, 11) is 0. The Kier molecular flexibility index (Phi) is 3.60. The number of benzene rings is 2. The molecule has 0 amide bonds. The van der Waals surface area contributed by atoms with Crippen molar-refractivity contribution in [2.24, 2.45) is 0 Å². The highest BCUT2D eigenvalue weighted by molar-refractivity contribution is 7.98. The van der Waals surface area contributed by atoms with Crippen molar-refractivity contribution in [1.82, 2.24) is 4.98 Å². The fourth-order valence-electron chi connectivity index (χ4n) is 2.81. The molecular formula is C18H17N3S. The van der Waals surface area contributed by atoms with E-state index >= 15 is 0 Å². The number of hydrogen-bond donors (Lipinski definition) is 2. The number of pyridine rings is 1. The van der Waals surface area contributed by atoms with Crippen LogP contribution >= 0.6 is 11.8 Å². The van der Waals surface area contributed by atoms with E-state index in [9.17, 15) is 0 Å². The molecule has 110 valence electrons. The maximum Gasteiger partial charge on any atom is 0.0726 e. The first-order chi connectivity index (χ1) is 10.9. The first-order valence-corrected chi connectivity index (χ1v) is 8.62. The third-order valence-electron chi connectivity index (χ3n) is 3.91. The molecule has 3 aromatic rings. The van der Waals surface area contributed by atoms with Gasteiger partial charge in [-0.1, -0.05) is 36.4 Å². The van der Waals surface area contributed by atoms with Gasteiger partial charge in [0.25, 0.3) is 0 Å². The van der Waals surface area contributed by atoms with E-state index in [2.05, 4.69) is 41.2 Å². The van der Waals surface area contributed by atoms with Crippen molar-refractivity contribution in [3.8, 4) is 0 Å². The van der Waals surface area contributed by atoms with Gasteiger partial charge in [0.15, 0.2) is 0 Å². The molecule has 0 bridgehead atoms. The Morgan fingerprint density at radius 2 is 1.73 bits per heavy atom. The van der Waals surface area contributed by atoms with Crippen molar-refractivity contribution in [3.05, 3.63) is 65.9 Å². The fraction of sp³-hybridized carbons (Fsp3) is 0.167. The fourth-order valence-corrected chi connectivity index (χ4v) is 3.80. The molecule has 0 fully saturated rings. The molecule has 0 aliphatic carbocycles. The van der Waals surface area contributed by atoms with Crippen LogP contribution in [0, 0.1) is 0 Å². The number of fused-ring (bicyclic) bond motifs is 2. The smallest absolute Gasteiger partial charge is 0.0726 e. The standard InChI is InChI=1S/C18H17N3S/c1-2-6-13(7-3-1)20-21-18-14-8-4-5-9-16(14)19-17-10-11-22-12-15(17)18/h1-9,20H,10-12H2,(H,19,21). The first-order valence-electron chi connectivity index (χ1n) is 7.47. The van der Waals surface area contributed by atoms with Crippen molar-refractivity contribution >= 4 is 34.0 Å². The van der Waals surface area contributed by atoms with Crippen molar-refractivity contribution in [1.29, 1.82) is 0 Å². The SMILES string of the molecule is c1ccc(NNc2c3c(nc4ccccc24)CCSC3)cc1. The van der Waals surface area contributed by atoms with Gasteiger partial charge >= 0.3 is 0 Å². The molecule has 2 heterocycles. The summed E-state index contributed by atoms with van der Waals surface area (Å²) in [5.74, 6) is 2.18. The zero-order valence-electron chi connectivity index (χ0n) is 12.2. The molecule has 4 heteroatoms. The molecule has 0 unspecified atom stereocenters. The molecule has 0 radical (unpaired) electrons. The van der Waals surface area contributed by atoms with Crippen LogP contribution in [0.15, 0.2) is 54.6 Å². The number of hydrogen-bond acceptors (Lipinski definition) is 4. The summed E-state index contributed by atoms with van der Waals surface area (Å²) in [4.78, 5) is 4.85. The van der Waals surface area contributed by atoms with E-state index in [1.165, 1.54) is 16.6 Å². The summed E-state index contributed by atoms with van der Waals surface area (Å²) in [5, 5.41) is 1.17. The predicted octanol–water partition coefficient (Wildman–Crippen LogP) is 4.46. The van der Waals surface area contributed by atoms with Crippen LogP contribution in [0.1, 0.15) is 11.3 Å². The van der Waals surface area contributed by atoms with Crippen LogP contribution in [-0.4, -0.2) is 10.7 Å². The zero-order chi connectivity index (χ0) is 14.8. The molecule has 4 rings (SSSR count). The molecule has 0 saturated carbocycles. The average Bonchev–Trinajstić information content (AvgIpc) is 2.59. The van der Waals surface area contributed by atoms with Crippen LogP contribution in [-0.2, 0) is 12.2 Å². The Labute approximate surface area is 134 Å². The molecule has 1 aliphatic heterocycles. The minimum atomic E-state index is 1.02. The Hall–Kier alpha value is -2.20. The van der Waals surface area contributed by atoms with E-state index in [1.54, 1.807) is 0 Å². The number of thioether (sulfide) groups is 1. The maximum atomic E-state index is 4.85. The highest BCUT2D eigenvalue weighted by atomic mass is 32.2. The summed E-state index contributed by atoms with van der Waals surface area (Å²) in [5.41, 5.74) is 12.6. The van der Waals surface area contributed by atoms with Gasteiger partial charge in [-0.3, -0.25) is 10.4 Å². The van der Waals surface area contributed by atoms with Crippen LogP contribution < -0.4 is 10.9 Å². The van der Waals surface area contributed by atoms with Gasteiger partial charge in [-0.05, 0) is 30.4 Å². The highest BCUT2D eigenvalue weighted by Crippen LogP contribution is 2.34. The number of rotatable bonds is 3. The minimum absolute atomic E-state index is 1.02. The third kappa shape index (κ3) is 2.50. The maximum absolute atomic E-state index is 4.85. The van der Waals surface area contributed by atoms with Gasteiger partial charge in [0, 0.05) is 22.4 Å². The highest BCUT2D eigenvalue weighted by Gasteiger charge is 2.18. The Bertz CT molecular complexity index is 802. The van der Waals surface area contributed by atoms with Crippen LogP contribution in [0.2, 0.25) is 0 Å². The molecule has 22 heavy (non-hydrogen) atoms. The Morgan fingerprint density at radius 1 is 0.909 bits per heavy atom. The van der Waals surface area contributed by atoms with E-state index in [4.69, 9.17) is 4.98 Å². The number of aryl methyl sites for hydroxylation is 1. The molecular weight excluding hydrogens is 290 g/mol. The number of aromatic nitrogens is 1. The molecule has 2 aromatic carbocycles. The topological polar surface area (TPSA) is 37.0 Å². The van der Waals surface area contributed by atoms with Gasteiger partial charge in [-0.25, -0.2) is 0 Å². The Morgan fingerprint density at radius 3 is 2.64 bits per heavy atom. The largest absolute Gasteiger partial charge is 0.301 e. The second kappa shape index (κ2) is 5.89. The second-order valence-electron chi connectivity index (χ2n) is 5.35. The average molecular weight is 307 g/mol. The van der Waals surface area contributed by atoms with Crippen molar-refractivity contribution in [2.45, 2.75) is 12.2 Å². The summed E-state index contributed by atoms with van der Waals surface area (Å²) in [6, 6.07) is 18.5. The van der Waals surface area contributed by atoms with Crippen molar-refractivity contribution in [3.63, 3.8) is 0 Å². The molecule has 2 N–H and O–H groups in total. The number of anilines is 2. The van der Waals surface area contributed by atoms with Crippen LogP contribution in [0.3, 0.4) is 0 Å². The van der Waals surface area contributed by atoms with E-state index in [-0.39, 0.29) is 0 Å². The van der Waals surface area contributed by atoms with E-state index in [0.29, 0.717) is 0 Å². The lowest BCUT2D eigenvalue weighted by atomic mass is 10.1. The molecule has 0 spiro atoms. The van der Waals surface area contributed by atoms with Gasteiger partial charge in [0.2, 0.25) is 0 Å². The van der Waals surface area contributed by atoms with Gasteiger partial charge in [-0.2, -0.15) is 11.8 Å². The lowest BCUT2D eigenvalue weighted by molar-refractivity contribution is 1.01. The lowest BCUT2D eigenvalue weighted by Gasteiger charge is -2.22. The van der Waals surface area contributed by atoms with Gasteiger partial charge < -0.3 is 5.43 Å². The third-order valence-corrected chi connectivity index (χ3v) is 4.90. The molecule has 0 saturated heterocycles. The van der Waals surface area contributed by atoms with Crippen molar-refractivity contribution < 1.29 is 0 Å². The molecule has 0 atom stereocenters. The first kappa shape index (κ1) is 13.5. The normalized spacial score (nSPS) is 13.6. The summed E-state index contributed by atoms with van der Waals surface area (Å²) >= 11 is 1.97. The number of nitrogens with one attached hydrogen (secondary N) is 2. The lowest BCUT2D eigenvalue weighted by Crippen LogP contribution is -2.15. The summed E-state index contributed by atoms with van der Waals surface area (Å²) in [6.45, 7) is 0. The summed E-state index contributed by atoms with van der Waals surface area (Å²) in [6.07, 6.45) is 1.05. The van der Waals surface area contributed by atoms with Gasteiger partial charge in [0.05, 0.1) is 16.9 Å². The Balaban J connectivity index is 1.77. The monoisotopic (exact) mass is 307 g/mol. The number of nitrogens with zero attached hydrogens (tertiary/aromatic N) is 1. The second-order valence-corrected chi connectivity index (χ2v) is 6.45. The van der Waals surface area contributed by atoms with Crippen LogP contribution in [0.4, 0.5) is 11.4 Å². The zero-order valence-corrected chi connectivity index (χ0v) is 13.0. The van der Waals surface area contributed by atoms with Gasteiger partial charge in [0.1, 0.15) is 0 Å². The molecule has 1 aromatic heterocycles. The molecule has 1 aliphatic rings. The van der Waals surface area contributed by atoms with Gasteiger partial charge in [-0.15, -0.1) is 0 Å². The minimum Gasteiger partial charge on any atom is -0.301 e. The number of hydrazine groups is 1. The molecule has 3 nitrogen and oxygen atoms in total. The number of para-hydroxylation sites is 2.